The van der Waals surface area contributed by atoms with E-state index in [0.29, 0.717) is 12.2 Å². The molecule has 2 aliphatic rings. The second-order valence-electron chi connectivity index (χ2n) is 4.15. The third-order valence-corrected chi connectivity index (χ3v) is 2.77. The van der Waals surface area contributed by atoms with Crippen molar-refractivity contribution in [1.82, 2.24) is 0 Å². The van der Waals surface area contributed by atoms with Crippen LogP contribution in [0.15, 0.2) is 30.3 Å². The molecule has 1 aromatic carbocycles. The number of ether oxygens (including phenoxy) is 2. The number of hydrogen-bond acceptors (Lipinski definition) is 3. The van der Waals surface area contributed by atoms with Gasteiger partial charge in [-0.05, 0) is 12.1 Å². The third-order valence-electron chi connectivity index (χ3n) is 2.77. The molecule has 0 aliphatic carbocycles. The van der Waals surface area contributed by atoms with E-state index in [9.17, 15) is 0 Å². The summed E-state index contributed by atoms with van der Waals surface area (Å²) in [6, 6.07) is 10.5. The fraction of sp³-hybridized carbons (Fsp3) is 0.500. The molecule has 0 spiro atoms. The Morgan fingerprint density at radius 1 is 1.00 bits per heavy atom. The molecule has 0 unspecified atom stereocenters. The van der Waals surface area contributed by atoms with Crippen LogP contribution in [0.25, 0.3) is 0 Å². The SMILES string of the molecule is c1ccc(N(C[C@H]2CO2)C[C@H]2CO2)cc1. The van der Waals surface area contributed by atoms with E-state index in [1.165, 1.54) is 5.69 Å². The standard InChI is InChI=1S/C12H15NO2/c1-2-4-10(5-3-1)13(6-11-8-14-11)7-12-9-15-12/h1-5,11-12H,6-9H2/t11-,12-/m0/s1. The Morgan fingerprint density at radius 3 is 2.00 bits per heavy atom. The van der Waals surface area contributed by atoms with Gasteiger partial charge in [-0.25, -0.2) is 0 Å². The van der Waals surface area contributed by atoms with Crippen LogP contribution in [-0.4, -0.2) is 38.5 Å². The molecular formula is C12H15NO2. The molecule has 1 aromatic rings. The molecule has 3 rings (SSSR count). The molecule has 3 nitrogen and oxygen atoms in total. The molecule has 0 amide bonds. The van der Waals surface area contributed by atoms with Crippen molar-refractivity contribution >= 4 is 5.69 Å². The highest BCUT2D eigenvalue weighted by molar-refractivity contribution is 5.46. The Bertz CT molecular complexity index is 306. The molecule has 0 saturated carbocycles. The molecule has 80 valence electrons. The van der Waals surface area contributed by atoms with Crippen molar-refractivity contribution in [3.8, 4) is 0 Å². The van der Waals surface area contributed by atoms with Crippen LogP contribution in [0.3, 0.4) is 0 Å². The van der Waals surface area contributed by atoms with E-state index >= 15 is 0 Å². The first kappa shape index (κ1) is 9.19. The van der Waals surface area contributed by atoms with Crippen molar-refractivity contribution in [3.05, 3.63) is 30.3 Å². The van der Waals surface area contributed by atoms with Gasteiger partial charge in [0.2, 0.25) is 0 Å². The van der Waals surface area contributed by atoms with Crippen LogP contribution in [0.5, 0.6) is 0 Å². The maximum atomic E-state index is 5.28. The van der Waals surface area contributed by atoms with Gasteiger partial charge in [-0.1, -0.05) is 18.2 Å². The number of epoxide rings is 2. The third kappa shape index (κ3) is 2.49. The highest BCUT2D eigenvalue weighted by atomic mass is 16.6. The minimum Gasteiger partial charge on any atom is -0.371 e. The van der Waals surface area contributed by atoms with Gasteiger partial charge in [-0.15, -0.1) is 0 Å². The maximum Gasteiger partial charge on any atom is 0.0984 e. The van der Waals surface area contributed by atoms with Gasteiger partial charge in [0.05, 0.1) is 25.4 Å². The summed E-state index contributed by atoms with van der Waals surface area (Å²) in [6.07, 6.45) is 0.868. The topological polar surface area (TPSA) is 28.3 Å². The van der Waals surface area contributed by atoms with Gasteiger partial charge in [0.15, 0.2) is 0 Å². The zero-order valence-corrected chi connectivity index (χ0v) is 8.63. The minimum absolute atomic E-state index is 0.434. The van der Waals surface area contributed by atoms with Gasteiger partial charge in [0.25, 0.3) is 0 Å². The van der Waals surface area contributed by atoms with E-state index < -0.39 is 0 Å². The van der Waals surface area contributed by atoms with Gasteiger partial charge in [-0.3, -0.25) is 0 Å². The first-order chi connectivity index (χ1) is 7.42. The summed E-state index contributed by atoms with van der Waals surface area (Å²) in [6.45, 7) is 3.80. The van der Waals surface area contributed by atoms with E-state index in [1.807, 2.05) is 6.07 Å². The van der Waals surface area contributed by atoms with Crippen molar-refractivity contribution in [2.45, 2.75) is 12.2 Å². The lowest BCUT2D eigenvalue weighted by Gasteiger charge is -2.23. The molecule has 0 aromatic heterocycles. The normalized spacial score (nSPS) is 27.5. The summed E-state index contributed by atoms with van der Waals surface area (Å²) < 4.78 is 10.6. The van der Waals surface area contributed by atoms with Crippen molar-refractivity contribution in [2.75, 3.05) is 31.2 Å². The van der Waals surface area contributed by atoms with Crippen LogP contribution >= 0.6 is 0 Å². The van der Waals surface area contributed by atoms with Crippen LogP contribution in [0.1, 0.15) is 0 Å². The Labute approximate surface area is 89.6 Å². The average molecular weight is 205 g/mol. The molecule has 15 heavy (non-hydrogen) atoms. The first-order valence-corrected chi connectivity index (χ1v) is 5.45. The van der Waals surface area contributed by atoms with Crippen molar-refractivity contribution in [1.29, 1.82) is 0 Å². The highest BCUT2D eigenvalue weighted by Gasteiger charge is 2.30. The monoisotopic (exact) mass is 205 g/mol. The zero-order chi connectivity index (χ0) is 10.1. The number of rotatable bonds is 5. The van der Waals surface area contributed by atoms with E-state index in [0.717, 1.165) is 26.3 Å². The maximum absolute atomic E-state index is 5.28. The van der Waals surface area contributed by atoms with Gasteiger partial charge in [0, 0.05) is 18.8 Å². The lowest BCUT2D eigenvalue weighted by atomic mass is 10.2. The van der Waals surface area contributed by atoms with E-state index in [4.69, 9.17) is 9.47 Å². The number of anilines is 1. The predicted octanol–water partition coefficient (Wildman–Crippen LogP) is 1.29. The summed E-state index contributed by atoms with van der Waals surface area (Å²) >= 11 is 0. The number of benzene rings is 1. The van der Waals surface area contributed by atoms with Crippen molar-refractivity contribution in [2.24, 2.45) is 0 Å². The van der Waals surface area contributed by atoms with Crippen LogP contribution in [0, 0.1) is 0 Å². The highest BCUT2D eigenvalue weighted by Crippen LogP contribution is 2.21. The summed E-state index contributed by atoms with van der Waals surface area (Å²) in [5.74, 6) is 0. The van der Waals surface area contributed by atoms with Gasteiger partial charge in [-0.2, -0.15) is 0 Å². The Hall–Kier alpha value is -1.06. The lowest BCUT2D eigenvalue weighted by molar-refractivity contribution is 0.389. The van der Waals surface area contributed by atoms with Gasteiger partial charge in [0.1, 0.15) is 0 Å². The average Bonchev–Trinajstić information content (AvgIpc) is 3.13. The number of nitrogens with zero attached hydrogens (tertiary/aromatic N) is 1. The summed E-state index contributed by atoms with van der Waals surface area (Å²) in [5.41, 5.74) is 1.27. The Kier molecular flexibility index (Phi) is 2.35. The molecule has 2 fully saturated rings. The van der Waals surface area contributed by atoms with Crippen molar-refractivity contribution in [3.63, 3.8) is 0 Å². The Balaban J connectivity index is 1.69. The number of para-hydroxylation sites is 1. The van der Waals surface area contributed by atoms with Crippen LogP contribution in [0.2, 0.25) is 0 Å². The van der Waals surface area contributed by atoms with Crippen LogP contribution in [0.4, 0.5) is 5.69 Å². The summed E-state index contributed by atoms with van der Waals surface area (Å²) in [5, 5.41) is 0. The zero-order valence-electron chi connectivity index (χ0n) is 8.63. The quantitative estimate of drug-likeness (QED) is 0.678. The van der Waals surface area contributed by atoms with E-state index in [-0.39, 0.29) is 0 Å². The molecule has 2 heterocycles. The minimum atomic E-state index is 0.434. The predicted molar refractivity (Wildman–Crippen MR) is 58.1 cm³/mol. The molecule has 0 bridgehead atoms. The molecule has 0 N–H and O–H groups in total. The summed E-state index contributed by atoms with van der Waals surface area (Å²) in [7, 11) is 0. The van der Waals surface area contributed by atoms with Crippen molar-refractivity contribution < 1.29 is 9.47 Å². The van der Waals surface area contributed by atoms with Crippen LogP contribution < -0.4 is 4.90 Å². The lowest BCUT2D eigenvalue weighted by Crippen LogP contribution is -2.31. The second kappa shape index (κ2) is 3.83. The van der Waals surface area contributed by atoms with E-state index in [2.05, 4.69) is 29.2 Å². The molecule has 2 atom stereocenters. The van der Waals surface area contributed by atoms with Gasteiger partial charge >= 0.3 is 0 Å². The largest absolute Gasteiger partial charge is 0.371 e. The molecule has 2 saturated heterocycles. The molecular weight excluding hydrogens is 190 g/mol. The summed E-state index contributed by atoms with van der Waals surface area (Å²) in [4.78, 5) is 2.36. The Morgan fingerprint density at radius 2 is 1.53 bits per heavy atom. The molecule has 0 radical (unpaired) electrons. The van der Waals surface area contributed by atoms with Gasteiger partial charge < -0.3 is 14.4 Å². The second-order valence-corrected chi connectivity index (χ2v) is 4.15. The van der Waals surface area contributed by atoms with Crippen LogP contribution in [-0.2, 0) is 9.47 Å². The van der Waals surface area contributed by atoms with E-state index in [1.54, 1.807) is 0 Å². The fourth-order valence-electron chi connectivity index (χ4n) is 1.76. The molecule has 2 aliphatic heterocycles. The smallest absolute Gasteiger partial charge is 0.0984 e. The number of hydrogen-bond donors (Lipinski definition) is 0. The fourth-order valence-corrected chi connectivity index (χ4v) is 1.76. The molecule has 3 heteroatoms. The first-order valence-electron chi connectivity index (χ1n) is 5.45.